The van der Waals surface area contributed by atoms with Crippen LogP contribution in [0.5, 0.6) is 5.75 Å². The molecule has 1 rings (SSSR count). The zero-order valence-corrected chi connectivity index (χ0v) is 14.0. The molecule has 0 amide bonds. The SMILES string of the molecule is COC(C)COc1c(Br)cc(CC(C)N)cc1Br. The Kier molecular flexibility index (Phi) is 6.63. The van der Waals surface area contributed by atoms with Gasteiger partial charge in [-0.05, 0) is 69.8 Å². The van der Waals surface area contributed by atoms with E-state index in [1.54, 1.807) is 7.11 Å². The van der Waals surface area contributed by atoms with Crippen molar-refractivity contribution in [3.8, 4) is 5.75 Å². The molecule has 3 nitrogen and oxygen atoms in total. The molecule has 0 fully saturated rings. The second-order valence-corrected chi connectivity index (χ2v) is 6.14. The van der Waals surface area contributed by atoms with E-state index >= 15 is 0 Å². The van der Waals surface area contributed by atoms with Gasteiger partial charge in [-0.2, -0.15) is 0 Å². The van der Waals surface area contributed by atoms with E-state index in [1.807, 2.05) is 26.0 Å². The third kappa shape index (κ3) is 4.88. The van der Waals surface area contributed by atoms with Gasteiger partial charge in [0, 0.05) is 13.2 Å². The van der Waals surface area contributed by atoms with Crippen LogP contribution in [0, 0.1) is 0 Å². The molecule has 1 aromatic carbocycles. The molecule has 102 valence electrons. The fourth-order valence-electron chi connectivity index (χ4n) is 1.51. The van der Waals surface area contributed by atoms with Crippen molar-refractivity contribution >= 4 is 31.9 Å². The third-order valence-corrected chi connectivity index (χ3v) is 3.66. The molecule has 0 bridgehead atoms. The smallest absolute Gasteiger partial charge is 0.147 e. The summed E-state index contributed by atoms with van der Waals surface area (Å²) >= 11 is 7.05. The fraction of sp³-hybridized carbons (Fsp3) is 0.538. The number of hydrogen-bond donors (Lipinski definition) is 1. The lowest BCUT2D eigenvalue weighted by molar-refractivity contribution is 0.0711. The zero-order chi connectivity index (χ0) is 13.7. The Labute approximate surface area is 125 Å². The van der Waals surface area contributed by atoms with Crippen LogP contribution < -0.4 is 10.5 Å². The summed E-state index contributed by atoms with van der Waals surface area (Å²) in [6, 6.07) is 4.23. The van der Waals surface area contributed by atoms with Crippen LogP contribution in [0.2, 0.25) is 0 Å². The van der Waals surface area contributed by atoms with Crippen molar-refractivity contribution in [2.45, 2.75) is 32.4 Å². The van der Waals surface area contributed by atoms with E-state index in [0.29, 0.717) is 6.61 Å². The molecular formula is C13H19Br2NO2. The van der Waals surface area contributed by atoms with Gasteiger partial charge in [0.1, 0.15) is 12.4 Å². The Bertz CT molecular complexity index is 374. The maximum absolute atomic E-state index is 5.80. The molecule has 0 saturated heterocycles. The van der Waals surface area contributed by atoms with Gasteiger partial charge in [-0.3, -0.25) is 0 Å². The highest BCUT2D eigenvalue weighted by Gasteiger charge is 2.11. The minimum atomic E-state index is 0.0625. The Hall–Kier alpha value is -0.100. The van der Waals surface area contributed by atoms with Gasteiger partial charge in [0.25, 0.3) is 0 Å². The summed E-state index contributed by atoms with van der Waals surface area (Å²) in [5.41, 5.74) is 6.98. The predicted molar refractivity (Wildman–Crippen MR) is 81.2 cm³/mol. The Balaban J connectivity index is 2.81. The molecule has 0 aromatic heterocycles. The highest BCUT2D eigenvalue weighted by molar-refractivity contribution is 9.11. The minimum absolute atomic E-state index is 0.0625. The lowest BCUT2D eigenvalue weighted by Gasteiger charge is -2.15. The maximum atomic E-state index is 5.80. The summed E-state index contributed by atoms with van der Waals surface area (Å²) in [6.45, 7) is 4.47. The maximum Gasteiger partial charge on any atom is 0.147 e. The van der Waals surface area contributed by atoms with Gasteiger partial charge >= 0.3 is 0 Å². The van der Waals surface area contributed by atoms with Gasteiger partial charge in [0.2, 0.25) is 0 Å². The summed E-state index contributed by atoms with van der Waals surface area (Å²) in [7, 11) is 1.67. The molecule has 0 aliphatic carbocycles. The van der Waals surface area contributed by atoms with Crippen LogP contribution in [0.4, 0.5) is 0 Å². The monoisotopic (exact) mass is 379 g/mol. The molecule has 0 radical (unpaired) electrons. The standard InChI is InChI=1S/C13H19Br2NO2/c1-8(16)4-10-5-11(14)13(12(15)6-10)18-7-9(2)17-3/h5-6,8-9H,4,7,16H2,1-3H3. The van der Waals surface area contributed by atoms with Crippen LogP contribution in [0.1, 0.15) is 19.4 Å². The number of halogens is 2. The van der Waals surface area contributed by atoms with Gasteiger partial charge in [0.15, 0.2) is 0 Å². The highest BCUT2D eigenvalue weighted by atomic mass is 79.9. The number of ether oxygens (including phenoxy) is 2. The van der Waals surface area contributed by atoms with Crippen molar-refractivity contribution in [1.82, 2.24) is 0 Å². The van der Waals surface area contributed by atoms with E-state index in [-0.39, 0.29) is 12.1 Å². The van der Waals surface area contributed by atoms with Crippen molar-refractivity contribution in [2.75, 3.05) is 13.7 Å². The second-order valence-electron chi connectivity index (χ2n) is 4.43. The number of nitrogens with two attached hydrogens (primary N) is 1. The molecule has 2 atom stereocenters. The summed E-state index contributed by atoms with van der Waals surface area (Å²) in [4.78, 5) is 0. The van der Waals surface area contributed by atoms with Crippen molar-refractivity contribution < 1.29 is 9.47 Å². The van der Waals surface area contributed by atoms with Crippen molar-refractivity contribution in [1.29, 1.82) is 0 Å². The minimum Gasteiger partial charge on any atom is -0.489 e. The number of methoxy groups -OCH3 is 1. The molecule has 0 aliphatic heterocycles. The first kappa shape index (κ1) is 16.0. The van der Waals surface area contributed by atoms with Gasteiger partial charge < -0.3 is 15.2 Å². The van der Waals surface area contributed by atoms with Gasteiger partial charge in [0.05, 0.1) is 15.0 Å². The molecule has 0 spiro atoms. The molecule has 2 unspecified atom stereocenters. The van der Waals surface area contributed by atoms with Crippen LogP contribution in [-0.4, -0.2) is 25.9 Å². The summed E-state index contributed by atoms with van der Waals surface area (Å²) in [5.74, 6) is 0.798. The van der Waals surface area contributed by atoms with Crippen molar-refractivity contribution in [3.05, 3.63) is 26.6 Å². The molecular weight excluding hydrogens is 362 g/mol. The molecule has 1 aromatic rings. The predicted octanol–water partition coefficient (Wildman–Crippen LogP) is 3.52. The first-order valence-electron chi connectivity index (χ1n) is 5.83. The largest absolute Gasteiger partial charge is 0.489 e. The summed E-state index contributed by atoms with van der Waals surface area (Å²) in [6.07, 6.45) is 0.902. The van der Waals surface area contributed by atoms with Crippen LogP contribution in [0.25, 0.3) is 0 Å². The van der Waals surface area contributed by atoms with Gasteiger partial charge in [-0.1, -0.05) is 0 Å². The quantitative estimate of drug-likeness (QED) is 0.821. The molecule has 18 heavy (non-hydrogen) atoms. The van der Waals surface area contributed by atoms with E-state index < -0.39 is 0 Å². The number of hydrogen-bond acceptors (Lipinski definition) is 3. The molecule has 0 aliphatic rings. The normalized spacial score (nSPS) is 14.3. The second kappa shape index (κ2) is 7.48. The van der Waals surface area contributed by atoms with Gasteiger partial charge in [-0.15, -0.1) is 0 Å². The fourth-order valence-corrected chi connectivity index (χ4v) is 3.02. The van der Waals surface area contributed by atoms with E-state index in [1.165, 1.54) is 5.56 Å². The molecule has 2 N–H and O–H groups in total. The van der Waals surface area contributed by atoms with E-state index in [9.17, 15) is 0 Å². The first-order valence-corrected chi connectivity index (χ1v) is 7.41. The number of benzene rings is 1. The first-order chi connectivity index (χ1) is 8.43. The van der Waals surface area contributed by atoms with Crippen LogP contribution in [-0.2, 0) is 11.2 Å². The summed E-state index contributed by atoms with van der Waals surface area (Å²) in [5, 5.41) is 0. The lowest BCUT2D eigenvalue weighted by atomic mass is 10.1. The van der Waals surface area contributed by atoms with Crippen molar-refractivity contribution in [2.24, 2.45) is 5.73 Å². The Morgan fingerprint density at radius 2 is 1.78 bits per heavy atom. The van der Waals surface area contributed by atoms with Crippen molar-refractivity contribution in [3.63, 3.8) is 0 Å². The number of rotatable bonds is 6. The van der Waals surface area contributed by atoms with E-state index in [2.05, 4.69) is 31.9 Å². The molecule has 5 heteroatoms. The lowest BCUT2D eigenvalue weighted by Crippen LogP contribution is -2.18. The molecule has 0 saturated carbocycles. The average molecular weight is 381 g/mol. The van der Waals surface area contributed by atoms with E-state index in [0.717, 1.165) is 21.1 Å². The third-order valence-electron chi connectivity index (χ3n) is 2.48. The topological polar surface area (TPSA) is 44.5 Å². The Morgan fingerprint density at radius 1 is 1.22 bits per heavy atom. The van der Waals surface area contributed by atoms with E-state index in [4.69, 9.17) is 15.2 Å². The van der Waals surface area contributed by atoms with Gasteiger partial charge in [-0.25, -0.2) is 0 Å². The Morgan fingerprint density at radius 3 is 2.22 bits per heavy atom. The highest BCUT2D eigenvalue weighted by Crippen LogP contribution is 2.35. The summed E-state index contributed by atoms with van der Waals surface area (Å²) < 4.78 is 12.7. The van der Waals surface area contributed by atoms with Crippen LogP contribution >= 0.6 is 31.9 Å². The average Bonchev–Trinajstić information content (AvgIpc) is 2.26. The zero-order valence-electron chi connectivity index (χ0n) is 10.9. The van der Waals surface area contributed by atoms with Crippen LogP contribution in [0.3, 0.4) is 0 Å². The molecule has 0 heterocycles. The van der Waals surface area contributed by atoms with Crippen LogP contribution in [0.15, 0.2) is 21.1 Å².